The molecule has 0 radical (unpaired) electrons. The Morgan fingerprint density at radius 1 is 1.21 bits per heavy atom. The van der Waals surface area contributed by atoms with Gasteiger partial charge in [0.2, 0.25) is 0 Å². The van der Waals surface area contributed by atoms with Gasteiger partial charge in [-0.2, -0.15) is 0 Å². The fourth-order valence-corrected chi connectivity index (χ4v) is 2.22. The van der Waals surface area contributed by atoms with Crippen molar-refractivity contribution in [3.05, 3.63) is 48.6 Å². The Labute approximate surface area is 87.7 Å². The molecule has 76 valence electrons. The van der Waals surface area contributed by atoms with Gasteiger partial charge in [-0.25, -0.2) is 0 Å². The summed E-state index contributed by atoms with van der Waals surface area (Å²) in [5, 5.41) is 0. The van der Waals surface area contributed by atoms with Gasteiger partial charge < -0.3 is 0 Å². The molecule has 0 aromatic carbocycles. The van der Waals surface area contributed by atoms with E-state index in [1.165, 1.54) is 24.0 Å². The summed E-state index contributed by atoms with van der Waals surface area (Å²) in [4.78, 5) is 0. The summed E-state index contributed by atoms with van der Waals surface area (Å²) in [5.41, 5.74) is 2.91. The van der Waals surface area contributed by atoms with Crippen molar-refractivity contribution in [2.24, 2.45) is 11.8 Å². The van der Waals surface area contributed by atoms with E-state index < -0.39 is 0 Å². The summed E-state index contributed by atoms with van der Waals surface area (Å²) < 4.78 is 0. The number of rotatable bonds is 3. The summed E-state index contributed by atoms with van der Waals surface area (Å²) in [5.74, 6) is 1.43. The summed E-state index contributed by atoms with van der Waals surface area (Å²) in [6.45, 7) is 12.1. The lowest BCUT2D eigenvalue weighted by Gasteiger charge is -2.16. The SMILES string of the molecule is C=C/C=C1/CCC(C(C)C)/C1=C/C=C. The van der Waals surface area contributed by atoms with Crippen LogP contribution in [0.3, 0.4) is 0 Å². The van der Waals surface area contributed by atoms with E-state index in [0.29, 0.717) is 5.92 Å². The van der Waals surface area contributed by atoms with Crippen LogP contribution in [-0.2, 0) is 0 Å². The minimum absolute atomic E-state index is 0.708. The van der Waals surface area contributed by atoms with Gasteiger partial charge in [0.25, 0.3) is 0 Å². The molecule has 1 unspecified atom stereocenters. The Bertz CT molecular complexity index is 276. The molecule has 1 atom stereocenters. The van der Waals surface area contributed by atoms with Crippen molar-refractivity contribution in [1.29, 1.82) is 0 Å². The van der Waals surface area contributed by atoms with E-state index >= 15 is 0 Å². The van der Waals surface area contributed by atoms with E-state index in [4.69, 9.17) is 0 Å². The Hall–Kier alpha value is -1.04. The van der Waals surface area contributed by atoms with E-state index in [1.807, 2.05) is 12.2 Å². The van der Waals surface area contributed by atoms with Crippen molar-refractivity contribution in [2.45, 2.75) is 26.7 Å². The smallest absolute Gasteiger partial charge is 0.0133 e. The predicted octanol–water partition coefficient (Wildman–Crippen LogP) is 4.28. The first kappa shape index (κ1) is 11.0. The van der Waals surface area contributed by atoms with Crippen molar-refractivity contribution in [1.82, 2.24) is 0 Å². The highest BCUT2D eigenvalue weighted by Gasteiger charge is 2.26. The predicted molar refractivity (Wildman–Crippen MR) is 64.1 cm³/mol. The van der Waals surface area contributed by atoms with Gasteiger partial charge in [-0.1, -0.05) is 51.3 Å². The zero-order valence-electron chi connectivity index (χ0n) is 9.29. The van der Waals surface area contributed by atoms with Crippen LogP contribution in [0.4, 0.5) is 0 Å². The van der Waals surface area contributed by atoms with Crippen molar-refractivity contribution >= 4 is 0 Å². The molecule has 0 N–H and O–H groups in total. The molecule has 1 aliphatic rings. The first-order valence-corrected chi connectivity index (χ1v) is 5.35. The Morgan fingerprint density at radius 2 is 1.86 bits per heavy atom. The third kappa shape index (κ3) is 2.25. The fourth-order valence-electron chi connectivity index (χ4n) is 2.22. The van der Waals surface area contributed by atoms with Crippen LogP contribution >= 0.6 is 0 Å². The summed E-state index contributed by atoms with van der Waals surface area (Å²) in [6.07, 6.45) is 10.5. The van der Waals surface area contributed by atoms with Crippen molar-refractivity contribution in [2.75, 3.05) is 0 Å². The lowest BCUT2D eigenvalue weighted by atomic mass is 9.89. The van der Waals surface area contributed by atoms with E-state index in [-0.39, 0.29) is 0 Å². The third-order valence-electron chi connectivity index (χ3n) is 2.92. The van der Waals surface area contributed by atoms with Crippen molar-refractivity contribution in [3.8, 4) is 0 Å². The number of hydrogen-bond acceptors (Lipinski definition) is 0. The average molecular weight is 188 g/mol. The molecule has 0 amide bonds. The molecule has 0 aromatic rings. The molecular weight excluding hydrogens is 168 g/mol. The topological polar surface area (TPSA) is 0 Å². The second-order valence-corrected chi connectivity index (χ2v) is 4.17. The van der Waals surface area contributed by atoms with Crippen molar-refractivity contribution < 1.29 is 0 Å². The third-order valence-corrected chi connectivity index (χ3v) is 2.92. The maximum absolute atomic E-state index is 3.78. The molecule has 0 heterocycles. The second-order valence-electron chi connectivity index (χ2n) is 4.17. The standard InChI is InChI=1S/C14H20/c1-5-7-12-9-10-13(11(3)4)14(12)8-6-2/h5-8,11,13H,1-2,9-10H2,3-4H3/b12-7-,14-8+. The largest absolute Gasteiger partial charge is 0.0991 e. The van der Waals surface area contributed by atoms with Crippen LogP contribution in [0.1, 0.15) is 26.7 Å². The second kappa shape index (κ2) is 4.99. The van der Waals surface area contributed by atoms with Gasteiger partial charge in [0.05, 0.1) is 0 Å². The molecule has 1 rings (SSSR count). The average Bonchev–Trinajstić information content (AvgIpc) is 2.50. The zero-order chi connectivity index (χ0) is 10.6. The van der Waals surface area contributed by atoms with Crippen LogP contribution in [0.25, 0.3) is 0 Å². The van der Waals surface area contributed by atoms with Crippen LogP contribution in [0.5, 0.6) is 0 Å². The molecule has 1 fully saturated rings. The molecule has 0 nitrogen and oxygen atoms in total. The minimum atomic E-state index is 0.708. The molecule has 0 saturated heterocycles. The number of allylic oxidation sites excluding steroid dienone is 6. The Kier molecular flexibility index (Phi) is 3.94. The van der Waals surface area contributed by atoms with Gasteiger partial charge in [0, 0.05) is 0 Å². The normalized spacial score (nSPS) is 27.5. The highest BCUT2D eigenvalue weighted by Crippen LogP contribution is 2.40. The molecule has 0 spiro atoms. The maximum Gasteiger partial charge on any atom is -0.0133 e. The van der Waals surface area contributed by atoms with Gasteiger partial charge in [-0.3, -0.25) is 0 Å². The highest BCUT2D eigenvalue weighted by atomic mass is 14.3. The molecule has 0 aromatic heterocycles. The molecule has 1 saturated carbocycles. The minimum Gasteiger partial charge on any atom is -0.0991 e. The monoisotopic (exact) mass is 188 g/mol. The zero-order valence-corrected chi connectivity index (χ0v) is 9.29. The molecule has 0 bridgehead atoms. The van der Waals surface area contributed by atoms with Gasteiger partial charge in [-0.15, -0.1) is 0 Å². The molecule has 14 heavy (non-hydrogen) atoms. The van der Waals surface area contributed by atoms with Crippen LogP contribution < -0.4 is 0 Å². The van der Waals surface area contributed by atoms with Gasteiger partial charge in [-0.05, 0) is 35.8 Å². The molecule has 1 aliphatic carbocycles. The van der Waals surface area contributed by atoms with E-state index in [2.05, 4.69) is 39.2 Å². The molecular formula is C14H20. The fraction of sp³-hybridized carbons (Fsp3) is 0.429. The first-order valence-electron chi connectivity index (χ1n) is 5.35. The Balaban J connectivity index is 2.96. The number of hydrogen-bond donors (Lipinski definition) is 0. The molecule has 0 aliphatic heterocycles. The van der Waals surface area contributed by atoms with Gasteiger partial charge >= 0.3 is 0 Å². The maximum atomic E-state index is 3.78. The summed E-state index contributed by atoms with van der Waals surface area (Å²) >= 11 is 0. The molecule has 0 heteroatoms. The lowest BCUT2D eigenvalue weighted by molar-refractivity contribution is 0.453. The van der Waals surface area contributed by atoms with Crippen LogP contribution in [0.2, 0.25) is 0 Å². The summed E-state index contributed by atoms with van der Waals surface area (Å²) in [6, 6.07) is 0. The Morgan fingerprint density at radius 3 is 2.36 bits per heavy atom. The quantitative estimate of drug-likeness (QED) is 0.620. The van der Waals surface area contributed by atoms with Gasteiger partial charge in [0.15, 0.2) is 0 Å². The highest BCUT2D eigenvalue weighted by molar-refractivity contribution is 5.41. The first-order chi connectivity index (χ1) is 6.70. The van der Waals surface area contributed by atoms with E-state index in [1.54, 1.807) is 0 Å². The van der Waals surface area contributed by atoms with Crippen LogP contribution in [0.15, 0.2) is 48.6 Å². The lowest BCUT2D eigenvalue weighted by Crippen LogP contribution is -2.05. The summed E-state index contributed by atoms with van der Waals surface area (Å²) in [7, 11) is 0. The van der Waals surface area contributed by atoms with Crippen LogP contribution in [0, 0.1) is 11.8 Å². The van der Waals surface area contributed by atoms with E-state index in [9.17, 15) is 0 Å². The van der Waals surface area contributed by atoms with Gasteiger partial charge in [0.1, 0.15) is 0 Å². The van der Waals surface area contributed by atoms with Crippen LogP contribution in [-0.4, -0.2) is 0 Å². The van der Waals surface area contributed by atoms with E-state index in [0.717, 1.165) is 5.92 Å². The van der Waals surface area contributed by atoms with Crippen molar-refractivity contribution in [3.63, 3.8) is 0 Å².